The molecular weight excluding hydrogens is 406 g/mol. The van der Waals surface area contributed by atoms with Crippen LogP contribution in [0.25, 0.3) is 0 Å². The Bertz CT molecular complexity index is 822. The molecule has 1 atom stereocenters. The molecule has 28 heavy (non-hydrogen) atoms. The number of carbonyl (C=O) groups is 2. The summed E-state index contributed by atoms with van der Waals surface area (Å²) in [5.41, 5.74) is 0. The summed E-state index contributed by atoms with van der Waals surface area (Å²) in [6, 6.07) is 5.24. The maximum absolute atomic E-state index is 13.0. The molecule has 10 heteroatoms. The number of ether oxygens (including phenoxy) is 1. The summed E-state index contributed by atoms with van der Waals surface area (Å²) >= 11 is 5.85. The van der Waals surface area contributed by atoms with Crippen LogP contribution in [0.5, 0.6) is 0 Å². The van der Waals surface area contributed by atoms with Gasteiger partial charge in [-0.15, -0.1) is 0 Å². The maximum Gasteiger partial charge on any atom is 0.409 e. The minimum absolute atomic E-state index is 0.128. The first-order valence-electron chi connectivity index (χ1n) is 9.32. The van der Waals surface area contributed by atoms with E-state index in [0.29, 0.717) is 57.2 Å². The third kappa shape index (κ3) is 4.26. The Morgan fingerprint density at radius 3 is 2.29 bits per heavy atom. The van der Waals surface area contributed by atoms with Crippen molar-refractivity contribution in [2.45, 2.75) is 30.7 Å². The number of hydrogen-bond acceptors (Lipinski definition) is 5. The molecule has 0 bridgehead atoms. The van der Waals surface area contributed by atoms with Crippen LogP contribution >= 0.6 is 11.6 Å². The highest BCUT2D eigenvalue weighted by Gasteiger charge is 2.41. The van der Waals surface area contributed by atoms with E-state index < -0.39 is 16.1 Å². The quantitative estimate of drug-likeness (QED) is 0.728. The van der Waals surface area contributed by atoms with Crippen LogP contribution in [0.2, 0.25) is 5.02 Å². The zero-order valence-electron chi connectivity index (χ0n) is 15.7. The molecule has 0 spiro atoms. The Balaban J connectivity index is 1.68. The highest BCUT2D eigenvalue weighted by molar-refractivity contribution is 7.89. The number of carbonyl (C=O) groups excluding carboxylic acids is 2. The molecule has 2 fully saturated rings. The summed E-state index contributed by atoms with van der Waals surface area (Å²) in [4.78, 5) is 28.1. The van der Waals surface area contributed by atoms with Crippen molar-refractivity contribution in [3.05, 3.63) is 29.3 Å². The molecule has 0 radical (unpaired) electrons. The Morgan fingerprint density at radius 1 is 1.07 bits per heavy atom. The van der Waals surface area contributed by atoms with Gasteiger partial charge in [0.1, 0.15) is 6.04 Å². The molecule has 1 aromatic carbocycles. The SMILES string of the molecule is CCOC(=O)N1CCN(C(=O)C2CCCN2S(=O)(=O)c2ccc(Cl)cc2)CC1. The van der Waals surface area contributed by atoms with Crippen molar-refractivity contribution in [3.63, 3.8) is 0 Å². The van der Waals surface area contributed by atoms with Crippen LogP contribution in [0.15, 0.2) is 29.2 Å². The van der Waals surface area contributed by atoms with E-state index in [1.807, 2.05) is 0 Å². The molecule has 0 saturated carbocycles. The van der Waals surface area contributed by atoms with Crippen LogP contribution in [-0.4, -0.2) is 79.9 Å². The molecule has 2 heterocycles. The van der Waals surface area contributed by atoms with Crippen LogP contribution in [0.4, 0.5) is 4.79 Å². The molecule has 1 unspecified atom stereocenters. The molecule has 0 N–H and O–H groups in total. The fourth-order valence-electron chi connectivity index (χ4n) is 3.55. The largest absolute Gasteiger partial charge is 0.450 e. The number of nitrogens with zero attached hydrogens (tertiary/aromatic N) is 3. The number of piperazine rings is 1. The smallest absolute Gasteiger partial charge is 0.409 e. The van der Waals surface area contributed by atoms with E-state index in [4.69, 9.17) is 16.3 Å². The van der Waals surface area contributed by atoms with Crippen LogP contribution in [-0.2, 0) is 19.6 Å². The normalized spacial score (nSPS) is 21.0. The zero-order valence-corrected chi connectivity index (χ0v) is 17.3. The number of amides is 2. The second-order valence-electron chi connectivity index (χ2n) is 6.74. The van der Waals surface area contributed by atoms with E-state index in [2.05, 4.69) is 0 Å². The van der Waals surface area contributed by atoms with Gasteiger partial charge in [-0.2, -0.15) is 4.31 Å². The number of hydrogen-bond donors (Lipinski definition) is 0. The Morgan fingerprint density at radius 2 is 1.68 bits per heavy atom. The van der Waals surface area contributed by atoms with Crippen molar-refractivity contribution >= 4 is 33.6 Å². The van der Waals surface area contributed by atoms with E-state index in [9.17, 15) is 18.0 Å². The third-order valence-corrected chi connectivity index (χ3v) is 7.20. The summed E-state index contributed by atoms with van der Waals surface area (Å²) in [6.45, 7) is 3.84. The summed E-state index contributed by atoms with van der Waals surface area (Å²) in [5.74, 6) is -0.210. The fourth-order valence-corrected chi connectivity index (χ4v) is 5.33. The van der Waals surface area contributed by atoms with Crippen molar-refractivity contribution in [1.29, 1.82) is 0 Å². The predicted molar refractivity (Wildman–Crippen MR) is 104 cm³/mol. The lowest BCUT2D eigenvalue weighted by Crippen LogP contribution is -2.55. The van der Waals surface area contributed by atoms with Crippen molar-refractivity contribution in [2.75, 3.05) is 39.3 Å². The lowest BCUT2D eigenvalue weighted by atomic mass is 10.2. The van der Waals surface area contributed by atoms with Gasteiger partial charge in [0.15, 0.2) is 0 Å². The standard InChI is InChI=1S/C18H24ClN3O5S/c1-2-27-18(24)21-12-10-20(11-13-21)17(23)16-4-3-9-22(16)28(25,26)15-7-5-14(19)6-8-15/h5-8,16H,2-4,9-13H2,1H3. The van der Waals surface area contributed by atoms with E-state index >= 15 is 0 Å². The van der Waals surface area contributed by atoms with E-state index in [0.717, 1.165) is 0 Å². The third-order valence-electron chi connectivity index (χ3n) is 5.03. The number of halogens is 1. The Labute approximate surface area is 170 Å². The van der Waals surface area contributed by atoms with Gasteiger partial charge in [-0.3, -0.25) is 4.79 Å². The Kier molecular flexibility index (Phi) is 6.47. The lowest BCUT2D eigenvalue weighted by Gasteiger charge is -2.36. The molecule has 1 aromatic rings. The van der Waals surface area contributed by atoms with Gasteiger partial charge in [0.2, 0.25) is 15.9 Å². The summed E-state index contributed by atoms with van der Waals surface area (Å²) in [5, 5.41) is 0.451. The zero-order chi connectivity index (χ0) is 20.3. The van der Waals surface area contributed by atoms with Crippen molar-refractivity contribution in [1.82, 2.24) is 14.1 Å². The van der Waals surface area contributed by atoms with Gasteiger partial charge in [0, 0.05) is 37.7 Å². The van der Waals surface area contributed by atoms with E-state index in [-0.39, 0.29) is 16.9 Å². The van der Waals surface area contributed by atoms with Crippen LogP contribution < -0.4 is 0 Å². The van der Waals surface area contributed by atoms with Crippen molar-refractivity contribution in [2.24, 2.45) is 0 Å². The van der Waals surface area contributed by atoms with Gasteiger partial charge in [-0.05, 0) is 44.0 Å². The highest BCUT2D eigenvalue weighted by atomic mass is 35.5. The number of benzene rings is 1. The molecule has 2 amide bonds. The van der Waals surface area contributed by atoms with Gasteiger partial charge >= 0.3 is 6.09 Å². The van der Waals surface area contributed by atoms with Gasteiger partial charge in [-0.1, -0.05) is 11.6 Å². The van der Waals surface area contributed by atoms with Crippen molar-refractivity contribution in [3.8, 4) is 0 Å². The van der Waals surface area contributed by atoms with Crippen LogP contribution in [0.1, 0.15) is 19.8 Å². The fraction of sp³-hybridized carbons (Fsp3) is 0.556. The molecule has 3 rings (SSSR count). The number of rotatable bonds is 4. The monoisotopic (exact) mass is 429 g/mol. The minimum Gasteiger partial charge on any atom is -0.450 e. The topological polar surface area (TPSA) is 87.2 Å². The van der Waals surface area contributed by atoms with Gasteiger partial charge in [0.25, 0.3) is 0 Å². The average molecular weight is 430 g/mol. The summed E-state index contributed by atoms with van der Waals surface area (Å²) in [7, 11) is -3.78. The molecular formula is C18H24ClN3O5S. The van der Waals surface area contributed by atoms with Crippen molar-refractivity contribution < 1.29 is 22.7 Å². The minimum atomic E-state index is -3.78. The molecule has 154 valence electrons. The van der Waals surface area contributed by atoms with E-state index in [1.54, 1.807) is 16.7 Å². The predicted octanol–water partition coefficient (Wildman–Crippen LogP) is 1.79. The Hall–Kier alpha value is -1.84. The summed E-state index contributed by atoms with van der Waals surface area (Å²) in [6.07, 6.45) is 0.734. The van der Waals surface area contributed by atoms with Crippen LogP contribution in [0.3, 0.4) is 0 Å². The second-order valence-corrected chi connectivity index (χ2v) is 9.07. The maximum atomic E-state index is 13.0. The molecule has 2 saturated heterocycles. The van der Waals surface area contributed by atoms with Crippen LogP contribution in [0, 0.1) is 0 Å². The second kappa shape index (κ2) is 8.67. The molecule has 0 aromatic heterocycles. The van der Waals surface area contributed by atoms with E-state index in [1.165, 1.54) is 28.6 Å². The lowest BCUT2D eigenvalue weighted by molar-refractivity contribution is -0.136. The highest BCUT2D eigenvalue weighted by Crippen LogP contribution is 2.28. The molecule has 2 aliphatic heterocycles. The van der Waals surface area contributed by atoms with Gasteiger partial charge < -0.3 is 14.5 Å². The first-order chi connectivity index (χ1) is 13.3. The number of sulfonamides is 1. The van der Waals surface area contributed by atoms with Gasteiger partial charge in [-0.25, -0.2) is 13.2 Å². The van der Waals surface area contributed by atoms with Gasteiger partial charge in [0.05, 0.1) is 11.5 Å². The first-order valence-corrected chi connectivity index (χ1v) is 11.1. The summed E-state index contributed by atoms with van der Waals surface area (Å²) < 4.78 is 32.3. The molecule has 8 nitrogen and oxygen atoms in total. The average Bonchev–Trinajstić information content (AvgIpc) is 3.19. The first kappa shape index (κ1) is 20.9. The molecule has 0 aliphatic carbocycles. The molecule has 2 aliphatic rings.